The molecule has 2 amide bonds. The lowest BCUT2D eigenvalue weighted by Crippen LogP contribution is -2.36. The second-order valence-electron chi connectivity index (χ2n) is 11.3. The summed E-state index contributed by atoms with van der Waals surface area (Å²) in [6.45, 7) is 1.50. The van der Waals surface area contributed by atoms with Gasteiger partial charge < -0.3 is 26.0 Å². The van der Waals surface area contributed by atoms with Gasteiger partial charge in [0.1, 0.15) is 23.4 Å². The van der Waals surface area contributed by atoms with E-state index in [1.165, 1.54) is 12.1 Å². The van der Waals surface area contributed by atoms with Crippen LogP contribution in [-0.4, -0.2) is 61.3 Å². The van der Waals surface area contributed by atoms with Crippen LogP contribution >= 0.6 is 0 Å². The van der Waals surface area contributed by atoms with Gasteiger partial charge in [0.25, 0.3) is 0 Å². The summed E-state index contributed by atoms with van der Waals surface area (Å²) in [7, 11) is 1.97. The van der Waals surface area contributed by atoms with Crippen molar-refractivity contribution in [3.05, 3.63) is 60.6 Å². The second-order valence-corrected chi connectivity index (χ2v) is 11.3. The van der Waals surface area contributed by atoms with Crippen LogP contribution in [-0.2, 0) is 6.18 Å². The number of fused-ring (bicyclic) bond motifs is 2. The lowest BCUT2D eigenvalue weighted by atomic mass is 10.1. The summed E-state index contributed by atoms with van der Waals surface area (Å²) in [5, 5.41) is 10.8. The fraction of sp³-hybridized carbons (Fsp3) is 0.333. The largest absolute Gasteiger partial charge is 0.490 e. The van der Waals surface area contributed by atoms with Crippen molar-refractivity contribution in [2.24, 2.45) is 0 Å². The average Bonchev–Trinajstić information content (AvgIpc) is 3.56. The van der Waals surface area contributed by atoms with E-state index >= 15 is 0 Å². The van der Waals surface area contributed by atoms with Crippen molar-refractivity contribution in [2.45, 2.75) is 44.0 Å². The van der Waals surface area contributed by atoms with Gasteiger partial charge in [-0.1, -0.05) is 0 Å². The van der Waals surface area contributed by atoms with Crippen molar-refractivity contribution in [1.82, 2.24) is 29.0 Å². The van der Waals surface area contributed by atoms with Gasteiger partial charge in [-0.15, -0.1) is 0 Å². The van der Waals surface area contributed by atoms with E-state index in [-0.39, 0.29) is 17.5 Å². The second kappa shape index (κ2) is 10.7. The van der Waals surface area contributed by atoms with Crippen LogP contribution < -0.4 is 21.1 Å². The SMILES string of the molecule is CN1CCC(Oc2ccc(NC(=O)Nc3ccc(-c4nn(C5CC5)c5ccnc(N)c45)n4ccnc34)cc2C(F)(F)F)CC1. The number of anilines is 3. The monoisotopic (exact) mass is 605 g/mol. The molecule has 228 valence electrons. The molecule has 0 spiro atoms. The number of nitrogens with one attached hydrogen (secondary N) is 2. The number of urea groups is 1. The minimum atomic E-state index is -4.66. The number of piperidine rings is 1. The lowest BCUT2D eigenvalue weighted by molar-refractivity contribution is -0.139. The van der Waals surface area contributed by atoms with Crippen LogP contribution in [0.4, 0.5) is 35.2 Å². The van der Waals surface area contributed by atoms with E-state index in [9.17, 15) is 18.0 Å². The van der Waals surface area contributed by atoms with Crippen LogP contribution in [0.5, 0.6) is 5.75 Å². The number of likely N-dealkylation sites (tertiary alicyclic amines) is 1. The molecule has 5 heterocycles. The number of nitrogen functional groups attached to an aromatic ring is 1. The normalized spacial score (nSPS) is 16.5. The van der Waals surface area contributed by atoms with E-state index in [2.05, 4.69) is 25.5 Å². The number of rotatable bonds is 6. The van der Waals surface area contributed by atoms with Crippen LogP contribution in [0, 0.1) is 0 Å². The Morgan fingerprint density at radius 3 is 2.57 bits per heavy atom. The summed E-state index contributed by atoms with van der Waals surface area (Å²) in [5.74, 6) is 0.111. The zero-order chi connectivity index (χ0) is 30.6. The van der Waals surface area contributed by atoms with Gasteiger partial charge >= 0.3 is 12.2 Å². The molecule has 2 aliphatic rings. The maximum Gasteiger partial charge on any atom is 0.420 e. The van der Waals surface area contributed by atoms with Gasteiger partial charge in [0.2, 0.25) is 0 Å². The summed E-state index contributed by atoms with van der Waals surface area (Å²) < 4.78 is 51.4. The molecule has 44 heavy (non-hydrogen) atoms. The Balaban J connectivity index is 1.13. The number of ether oxygens (including phenoxy) is 1. The highest BCUT2D eigenvalue weighted by Crippen LogP contribution is 2.41. The number of pyridine rings is 2. The molecule has 14 heteroatoms. The lowest BCUT2D eigenvalue weighted by Gasteiger charge is -2.30. The minimum absolute atomic E-state index is 0.0263. The fourth-order valence-corrected chi connectivity index (χ4v) is 5.69. The molecule has 4 aromatic heterocycles. The molecule has 0 radical (unpaired) electrons. The van der Waals surface area contributed by atoms with Gasteiger partial charge in [-0.25, -0.2) is 14.8 Å². The van der Waals surface area contributed by atoms with Gasteiger partial charge in [-0.05, 0) is 69.1 Å². The average molecular weight is 606 g/mol. The summed E-state index contributed by atoms with van der Waals surface area (Å²) in [5.41, 5.74) is 8.32. The molecule has 1 saturated heterocycles. The smallest absolute Gasteiger partial charge is 0.420 e. The molecule has 5 aromatic rings. The molecule has 2 fully saturated rings. The van der Waals surface area contributed by atoms with E-state index in [1.54, 1.807) is 35.1 Å². The number of aromatic nitrogens is 5. The molecule has 1 aromatic carbocycles. The Bertz CT molecular complexity index is 1870. The number of nitrogens with zero attached hydrogens (tertiary/aromatic N) is 6. The maximum atomic E-state index is 14.0. The van der Waals surface area contributed by atoms with E-state index in [0.29, 0.717) is 47.4 Å². The molecule has 0 bridgehead atoms. The summed E-state index contributed by atoms with van der Waals surface area (Å²) in [4.78, 5) is 23.8. The molecule has 7 rings (SSSR count). The van der Waals surface area contributed by atoms with Crippen molar-refractivity contribution in [3.63, 3.8) is 0 Å². The number of hydrogen-bond donors (Lipinski definition) is 3. The van der Waals surface area contributed by atoms with Crippen LogP contribution in [0.15, 0.2) is 55.0 Å². The standard InChI is InChI=1S/C30H30F3N9O2/c1-40-13-9-19(10-14-40)44-24-7-2-17(16-20(24)30(31,32)33)37-29(43)38-21-5-6-23(41-15-12-36-28(21)41)26-25-22(8-11-35-27(25)34)42(39-26)18-3-4-18/h2,5-8,11-12,15-16,18-19H,3-4,9-10,13-14H2,1H3,(H2,34,35)(H2,37,38,43). The summed E-state index contributed by atoms with van der Waals surface area (Å²) in [6.07, 6.45) is 3.37. The van der Waals surface area contributed by atoms with Gasteiger partial charge in [-0.3, -0.25) is 9.08 Å². The number of benzene rings is 1. The molecule has 1 aliphatic carbocycles. The van der Waals surface area contributed by atoms with Crippen LogP contribution in [0.2, 0.25) is 0 Å². The highest BCUT2D eigenvalue weighted by Gasteiger charge is 2.36. The van der Waals surface area contributed by atoms with E-state index < -0.39 is 17.8 Å². The minimum Gasteiger partial charge on any atom is -0.490 e. The number of alkyl halides is 3. The fourth-order valence-electron chi connectivity index (χ4n) is 5.69. The first-order valence-corrected chi connectivity index (χ1v) is 14.4. The van der Waals surface area contributed by atoms with Gasteiger partial charge in [0.05, 0.1) is 33.9 Å². The highest BCUT2D eigenvalue weighted by molar-refractivity contribution is 6.03. The van der Waals surface area contributed by atoms with Gasteiger partial charge in [0, 0.05) is 37.4 Å². The first kappa shape index (κ1) is 28.0. The molecule has 1 saturated carbocycles. The molecule has 11 nitrogen and oxygen atoms in total. The van der Waals surface area contributed by atoms with Crippen molar-refractivity contribution >= 4 is 39.8 Å². The van der Waals surface area contributed by atoms with E-state index in [1.807, 2.05) is 17.8 Å². The Hall–Kier alpha value is -4.85. The number of amides is 2. The molecular weight excluding hydrogens is 575 g/mol. The molecular formula is C30H30F3N9O2. The van der Waals surface area contributed by atoms with Crippen LogP contribution in [0.25, 0.3) is 27.9 Å². The van der Waals surface area contributed by atoms with Crippen LogP contribution in [0.3, 0.4) is 0 Å². The number of nitrogens with two attached hydrogens (primary N) is 1. The molecule has 0 unspecified atom stereocenters. The number of imidazole rings is 1. The van der Waals surface area contributed by atoms with E-state index in [0.717, 1.165) is 42.9 Å². The Kier molecular flexibility index (Phi) is 6.80. The number of hydrogen-bond acceptors (Lipinski definition) is 7. The zero-order valence-corrected chi connectivity index (χ0v) is 23.8. The van der Waals surface area contributed by atoms with Crippen molar-refractivity contribution in [1.29, 1.82) is 0 Å². The number of carbonyl (C=O) groups is 1. The first-order valence-electron chi connectivity index (χ1n) is 14.4. The Labute approximate surface area is 249 Å². The van der Waals surface area contributed by atoms with E-state index in [4.69, 9.17) is 15.6 Å². The molecule has 0 atom stereocenters. The predicted octanol–water partition coefficient (Wildman–Crippen LogP) is 5.80. The third-order valence-corrected chi connectivity index (χ3v) is 8.08. The predicted molar refractivity (Wildman–Crippen MR) is 160 cm³/mol. The quantitative estimate of drug-likeness (QED) is 0.223. The zero-order valence-electron chi connectivity index (χ0n) is 23.8. The highest BCUT2D eigenvalue weighted by atomic mass is 19.4. The topological polar surface area (TPSA) is 128 Å². The summed E-state index contributed by atoms with van der Waals surface area (Å²) in [6, 6.07) is 8.47. The Morgan fingerprint density at radius 1 is 1.02 bits per heavy atom. The molecule has 1 aliphatic heterocycles. The van der Waals surface area contributed by atoms with Gasteiger partial charge in [-0.2, -0.15) is 18.3 Å². The van der Waals surface area contributed by atoms with Crippen molar-refractivity contribution in [3.8, 4) is 17.1 Å². The van der Waals surface area contributed by atoms with Crippen LogP contribution in [0.1, 0.15) is 37.3 Å². The molecule has 4 N–H and O–H groups in total. The first-order chi connectivity index (χ1) is 21.2. The summed E-state index contributed by atoms with van der Waals surface area (Å²) >= 11 is 0. The van der Waals surface area contributed by atoms with Gasteiger partial charge in [0.15, 0.2) is 5.65 Å². The third-order valence-electron chi connectivity index (χ3n) is 8.08. The Morgan fingerprint density at radius 2 is 1.82 bits per heavy atom. The van der Waals surface area contributed by atoms with Crippen molar-refractivity contribution < 1.29 is 22.7 Å². The van der Waals surface area contributed by atoms with Crippen molar-refractivity contribution in [2.75, 3.05) is 36.5 Å². The number of carbonyl (C=O) groups excluding carboxylic acids is 1. The number of halogens is 3. The third kappa shape index (κ3) is 5.25. The maximum absolute atomic E-state index is 14.0.